The van der Waals surface area contributed by atoms with E-state index in [1.165, 1.54) is 0 Å². The van der Waals surface area contributed by atoms with Crippen LogP contribution in [0.2, 0.25) is 5.02 Å². The average Bonchev–Trinajstić information content (AvgIpc) is 2.75. The second-order valence-corrected chi connectivity index (χ2v) is 8.93. The number of hydrogen-bond donors (Lipinski definition) is 2. The molecule has 1 radical (unpaired) electrons. The van der Waals surface area contributed by atoms with Gasteiger partial charge in [-0.2, -0.15) is 0 Å². The third kappa shape index (κ3) is 4.50. The highest BCUT2D eigenvalue weighted by Gasteiger charge is 2.24. The number of anilines is 3. The van der Waals surface area contributed by atoms with E-state index in [0.717, 1.165) is 0 Å². The fourth-order valence-corrected chi connectivity index (χ4v) is 4.60. The SMILES string of the molecule is COc1ccc(Cl)c(Nc2nc3ccccc3nc2NS(=O)(=O)C2=C[CH]CC=C2C)c1. The molecule has 0 bridgehead atoms. The van der Waals surface area contributed by atoms with Crippen molar-refractivity contribution in [2.45, 2.75) is 13.3 Å². The number of methoxy groups -OCH3 is 1. The summed E-state index contributed by atoms with van der Waals surface area (Å²) in [5, 5.41) is 3.51. The van der Waals surface area contributed by atoms with Crippen LogP contribution in [-0.2, 0) is 10.0 Å². The number of halogens is 1. The second-order valence-electron chi connectivity index (χ2n) is 6.88. The van der Waals surface area contributed by atoms with Gasteiger partial charge in [0.15, 0.2) is 11.6 Å². The number of fused-ring (bicyclic) bond motifs is 1. The molecule has 4 rings (SSSR count). The predicted molar refractivity (Wildman–Crippen MR) is 124 cm³/mol. The molecule has 7 nitrogen and oxygen atoms in total. The molecule has 0 saturated heterocycles. The van der Waals surface area contributed by atoms with Gasteiger partial charge in [-0.15, -0.1) is 0 Å². The summed E-state index contributed by atoms with van der Waals surface area (Å²) in [4.78, 5) is 9.27. The van der Waals surface area contributed by atoms with Crippen LogP contribution in [0.5, 0.6) is 5.75 Å². The first-order chi connectivity index (χ1) is 14.9. The maximum atomic E-state index is 13.1. The van der Waals surface area contributed by atoms with E-state index in [1.807, 2.05) is 18.2 Å². The molecule has 3 aromatic rings. The lowest BCUT2D eigenvalue weighted by Crippen LogP contribution is -2.19. The maximum absolute atomic E-state index is 13.1. The predicted octanol–water partition coefficient (Wildman–Crippen LogP) is 5.22. The van der Waals surface area contributed by atoms with E-state index < -0.39 is 10.0 Å². The molecule has 0 unspecified atom stereocenters. The first-order valence-corrected chi connectivity index (χ1v) is 11.3. The zero-order valence-electron chi connectivity index (χ0n) is 16.9. The molecule has 0 saturated carbocycles. The standard InChI is InChI=1S/C22H20ClN4O3S/c1-14-7-3-6-10-20(14)31(28,29)27-22-21(24-17-8-4-5-9-18(17)25-22)26-19-13-15(30-2)11-12-16(19)23/h4-13H,3H2,1-2H3,(H,24,26)(H,25,27). The Morgan fingerprint density at radius 1 is 1.06 bits per heavy atom. The number of para-hydroxylation sites is 2. The molecular formula is C22H20ClN4O3S. The zero-order valence-corrected chi connectivity index (χ0v) is 18.5. The normalized spacial score (nSPS) is 14.0. The smallest absolute Gasteiger partial charge is 0.263 e. The molecule has 31 heavy (non-hydrogen) atoms. The summed E-state index contributed by atoms with van der Waals surface area (Å²) >= 11 is 6.32. The van der Waals surface area contributed by atoms with Crippen molar-refractivity contribution in [1.82, 2.24) is 9.97 Å². The fourth-order valence-electron chi connectivity index (χ4n) is 3.15. The highest BCUT2D eigenvalue weighted by Crippen LogP contribution is 2.33. The lowest BCUT2D eigenvalue weighted by atomic mass is 10.1. The molecule has 1 aliphatic carbocycles. The third-order valence-corrected chi connectivity index (χ3v) is 6.56. The Kier molecular flexibility index (Phi) is 5.84. The summed E-state index contributed by atoms with van der Waals surface area (Å²) in [5.74, 6) is 0.878. The van der Waals surface area contributed by atoms with Gasteiger partial charge in [0.05, 0.1) is 33.8 Å². The minimum atomic E-state index is -3.88. The van der Waals surface area contributed by atoms with Crippen LogP contribution in [0.15, 0.2) is 65.1 Å². The third-order valence-electron chi connectivity index (χ3n) is 4.74. The van der Waals surface area contributed by atoms with E-state index in [-0.39, 0.29) is 16.5 Å². The van der Waals surface area contributed by atoms with Crippen LogP contribution >= 0.6 is 11.6 Å². The van der Waals surface area contributed by atoms with Crippen LogP contribution in [0.4, 0.5) is 17.3 Å². The van der Waals surface area contributed by atoms with Crippen LogP contribution in [-0.4, -0.2) is 25.5 Å². The summed E-state index contributed by atoms with van der Waals surface area (Å²) in [5.41, 5.74) is 2.34. The fraction of sp³-hybridized carbons (Fsp3) is 0.136. The Labute approximate surface area is 185 Å². The summed E-state index contributed by atoms with van der Waals surface area (Å²) in [6.07, 6.45) is 5.94. The van der Waals surface area contributed by atoms with Gasteiger partial charge in [0, 0.05) is 6.07 Å². The van der Waals surface area contributed by atoms with Gasteiger partial charge in [0.2, 0.25) is 0 Å². The van der Waals surface area contributed by atoms with Crippen LogP contribution < -0.4 is 14.8 Å². The molecule has 0 atom stereocenters. The van der Waals surface area contributed by atoms with Gasteiger partial charge in [-0.1, -0.05) is 35.9 Å². The van der Waals surface area contributed by atoms with Gasteiger partial charge < -0.3 is 10.1 Å². The molecule has 2 N–H and O–H groups in total. The number of aromatic nitrogens is 2. The van der Waals surface area contributed by atoms with Crippen molar-refractivity contribution in [3.8, 4) is 5.75 Å². The van der Waals surface area contributed by atoms with Crippen molar-refractivity contribution >= 4 is 50.0 Å². The maximum Gasteiger partial charge on any atom is 0.263 e. The van der Waals surface area contributed by atoms with E-state index >= 15 is 0 Å². The van der Waals surface area contributed by atoms with Crippen molar-refractivity contribution in [3.05, 3.63) is 76.5 Å². The minimum absolute atomic E-state index is 0.0665. The summed E-state index contributed by atoms with van der Waals surface area (Å²) < 4.78 is 34.0. The summed E-state index contributed by atoms with van der Waals surface area (Å²) in [7, 11) is -2.33. The molecule has 9 heteroatoms. The highest BCUT2D eigenvalue weighted by molar-refractivity contribution is 7.96. The van der Waals surface area contributed by atoms with Gasteiger partial charge >= 0.3 is 0 Å². The number of rotatable bonds is 6. The average molecular weight is 456 g/mol. The van der Waals surface area contributed by atoms with Crippen molar-refractivity contribution in [2.75, 3.05) is 17.1 Å². The monoisotopic (exact) mass is 455 g/mol. The Morgan fingerprint density at radius 3 is 2.45 bits per heavy atom. The number of benzene rings is 2. The molecule has 1 heterocycles. The van der Waals surface area contributed by atoms with Crippen LogP contribution in [0.1, 0.15) is 13.3 Å². The Bertz CT molecular complexity index is 1320. The molecule has 1 aromatic heterocycles. The Balaban J connectivity index is 1.79. The first kappa shape index (κ1) is 21.1. The minimum Gasteiger partial charge on any atom is -0.497 e. The number of hydrogen-bond acceptors (Lipinski definition) is 6. The summed E-state index contributed by atoms with van der Waals surface area (Å²) in [6, 6.07) is 12.3. The van der Waals surface area contributed by atoms with Crippen LogP contribution in [0.3, 0.4) is 0 Å². The van der Waals surface area contributed by atoms with Crippen molar-refractivity contribution in [2.24, 2.45) is 0 Å². The lowest BCUT2D eigenvalue weighted by Gasteiger charge is -2.17. The molecule has 0 amide bonds. The van der Waals surface area contributed by atoms with Gasteiger partial charge in [-0.25, -0.2) is 18.4 Å². The van der Waals surface area contributed by atoms with E-state index in [1.54, 1.807) is 56.9 Å². The summed E-state index contributed by atoms with van der Waals surface area (Å²) in [6.45, 7) is 1.76. The van der Waals surface area contributed by atoms with Crippen LogP contribution in [0, 0.1) is 6.42 Å². The Morgan fingerprint density at radius 2 is 1.77 bits per heavy atom. The van der Waals surface area contributed by atoms with Crippen molar-refractivity contribution in [1.29, 1.82) is 0 Å². The Hall–Kier alpha value is -3.10. The van der Waals surface area contributed by atoms with E-state index in [9.17, 15) is 8.42 Å². The van der Waals surface area contributed by atoms with Gasteiger partial charge in [-0.3, -0.25) is 4.72 Å². The number of allylic oxidation sites excluding steroid dienone is 3. The molecule has 0 aliphatic heterocycles. The van der Waals surface area contributed by atoms with Crippen molar-refractivity contribution < 1.29 is 13.2 Å². The second kappa shape index (κ2) is 8.56. The quantitative estimate of drug-likeness (QED) is 0.529. The number of sulfonamides is 1. The molecule has 0 fully saturated rings. The molecule has 1 aliphatic rings. The topological polar surface area (TPSA) is 93.2 Å². The lowest BCUT2D eigenvalue weighted by molar-refractivity contribution is 0.415. The highest BCUT2D eigenvalue weighted by atomic mass is 35.5. The number of nitrogens with zero attached hydrogens (tertiary/aromatic N) is 2. The molecule has 2 aromatic carbocycles. The molecule has 0 spiro atoms. The van der Waals surface area contributed by atoms with Crippen LogP contribution in [0.25, 0.3) is 11.0 Å². The number of ether oxygens (including phenoxy) is 1. The zero-order chi connectivity index (χ0) is 22.0. The van der Waals surface area contributed by atoms with Crippen molar-refractivity contribution in [3.63, 3.8) is 0 Å². The van der Waals surface area contributed by atoms with Gasteiger partial charge in [0.25, 0.3) is 10.0 Å². The van der Waals surface area contributed by atoms with Gasteiger partial charge in [0.1, 0.15) is 5.75 Å². The molecule has 159 valence electrons. The molecular weight excluding hydrogens is 436 g/mol. The van der Waals surface area contributed by atoms with E-state index in [4.69, 9.17) is 16.3 Å². The van der Waals surface area contributed by atoms with E-state index in [2.05, 4.69) is 20.0 Å². The van der Waals surface area contributed by atoms with Gasteiger partial charge in [-0.05, 0) is 49.6 Å². The first-order valence-electron chi connectivity index (χ1n) is 9.48. The number of nitrogens with one attached hydrogen (secondary N) is 2. The largest absolute Gasteiger partial charge is 0.497 e. The van der Waals surface area contributed by atoms with E-state index in [0.29, 0.717) is 39.5 Å².